The Morgan fingerprint density at radius 1 is 1.18 bits per heavy atom. The van der Waals surface area contributed by atoms with Crippen LogP contribution in [0.5, 0.6) is 0 Å². The fraction of sp³-hybridized carbons (Fsp3) is 0.481. The SMILES string of the molecule is COCCOC[C@H]1CSc2c(-c3ccc(F)cc3F)c(C(F)(F)F)cc3c(N4C[C@@H](C)NC[C@@H]4C)nc(=O)n1c23. The highest BCUT2D eigenvalue weighted by molar-refractivity contribution is 7.99. The van der Waals surface area contributed by atoms with Crippen molar-refractivity contribution in [2.45, 2.75) is 43.0 Å². The maximum atomic E-state index is 15.1. The summed E-state index contributed by atoms with van der Waals surface area (Å²) in [4.78, 5) is 19.9. The predicted octanol–water partition coefficient (Wildman–Crippen LogP) is 4.86. The van der Waals surface area contributed by atoms with Gasteiger partial charge in [0.25, 0.3) is 0 Å². The Bertz CT molecular complexity index is 1480. The third kappa shape index (κ3) is 5.31. The van der Waals surface area contributed by atoms with Crippen LogP contribution >= 0.6 is 11.8 Å². The number of methoxy groups -OCH3 is 1. The van der Waals surface area contributed by atoms with Gasteiger partial charge < -0.3 is 19.7 Å². The Balaban J connectivity index is 1.83. The summed E-state index contributed by atoms with van der Waals surface area (Å²) in [7, 11) is 1.53. The number of anilines is 1. The summed E-state index contributed by atoms with van der Waals surface area (Å²) in [6.07, 6.45) is -4.87. The number of thioether (sulfide) groups is 1. The Morgan fingerprint density at radius 3 is 2.65 bits per heavy atom. The number of nitrogens with one attached hydrogen (secondary N) is 1. The van der Waals surface area contributed by atoms with Crippen LogP contribution in [0.1, 0.15) is 25.5 Å². The molecule has 0 spiro atoms. The molecule has 1 N–H and O–H groups in total. The van der Waals surface area contributed by atoms with Crippen molar-refractivity contribution in [2.24, 2.45) is 0 Å². The summed E-state index contributed by atoms with van der Waals surface area (Å²) in [6, 6.07) is 2.75. The van der Waals surface area contributed by atoms with Gasteiger partial charge in [-0.15, -0.1) is 11.8 Å². The average Bonchev–Trinajstić information content (AvgIpc) is 2.89. The first-order valence-electron chi connectivity index (χ1n) is 12.9. The zero-order valence-electron chi connectivity index (χ0n) is 22.1. The van der Waals surface area contributed by atoms with E-state index in [-0.39, 0.29) is 52.7 Å². The topological polar surface area (TPSA) is 68.6 Å². The normalized spacial score (nSPS) is 21.3. The molecule has 13 heteroatoms. The van der Waals surface area contributed by atoms with E-state index in [1.165, 1.54) is 11.7 Å². The van der Waals surface area contributed by atoms with Gasteiger partial charge in [-0.3, -0.25) is 4.57 Å². The van der Waals surface area contributed by atoms with Gasteiger partial charge in [0.15, 0.2) is 0 Å². The monoisotopic (exact) mass is 584 g/mol. The van der Waals surface area contributed by atoms with Crippen LogP contribution in [-0.2, 0) is 15.7 Å². The predicted molar refractivity (Wildman–Crippen MR) is 143 cm³/mol. The Labute approximate surface area is 231 Å². The molecular weight excluding hydrogens is 555 g/mol. The lowest BCUT2D eigenvalue weighted by Gasteiger charge is -2.39. The van der Waals surface area contributed by atoms with Crippen LogP contribution in [0.2, 0.25) is 0 Å². The molecule has 0 unspecified atom stereocenters. The first kappa shape index (κ1) is 28.8. The molecule has 5 rings (SSSR count). The molecule has 3 aromatic rings. The number of ether oxygens (including phenoxy) is 2. The summed E-state index contributed by atoms with van der Waals surface area (Å²) in [6.45, 7) is 5.53. The highest BCUT2D eigenvalue weighted by atomic mass is 32.2. The van der Waals surface area contributed by atoms with Crippen molar-refractivity contribution in [3.8, 4) is 11.1 Å². The van der Waals surface area contributed by atoms with E-state index in [0.29, 0.717) is 25.8 Å². The van der Waals surface area contributed by atoms with Gasteiger partial charge in [-0.05, 0) is 32.0 Å². The Morgan fingerprint density at radius 2 is 1.95 bits per heavy atom. The fourth-order valence-corrected chi connectivity index (χ4v) is 6.61. The second-order valence-corrected chi connectivity index (χ2v) is 11.1. The Hall–Kier alpha value is -2.74. The van der Waals surface area contributed by atoms with Gasteiger partial charge in [0.05, 0.1) is 36.9 Å². The van der Waals surface area contributed by atoms with Crippen LogP contribution < -0.4 is 15.9 Å². The van der Waals surface area contributed by atoms with E-state index < -0.39 is 46.2 Å². The molecule has 2 aliphatic rings. The minimum Gasteiger partial charge on any atom is -0.382 e. The molecule has 2 aliphatic heterocycles. The highest BCUT2D eigenvalue weighted by Crippen LogP contribution is 2.50. The van der Waals surface area contributed by atoms with Crippen LogP contribution in [-0.4, -0.2) is 67.4 Å². The van der Waals surface area contributed by atoms with Gasteiger partial charge >= 0.3 is 11.9 Å². The second-order valence-electron chi connectivity index (χ2n) is 10.1. The molecule has 0 aliphatic carbocycles. The molecule has 3 atom stereocenters. The van der Waals surface area contributed by atoms with E-state index in [2.05, 4.69) is 10.3 Å². The van der Waals surface area contributed by atoms with Crippen molar-refractivity contribution >= 4 is 28.5 Å². The first-order valence-corrected chi connectivity index (χ1v) is 13.8. The van der Waals surface area contributed by atoms with Gasteiger partial charge in [0.1, 0.15) is 17.5 Å². The number of alkyl halides is 3. The minimum atomic E-state index is -4.87. The number of halogens is 5. The van der Waals surface area contributed by atoms with Gasteiger partial charge in [-0.25, -0.2) is 13.6 Å². The van der Waals surface area contributed by atoms with Crippen molar-refractivity contribution in [2.75, 3.05) is 50.7 Å². The van der Waals surface area contributed by atoms with E-state index in [4.69, 9.17) is 9.47 Å². The molecule has 7 nitrogen and oxygen atoms in total. The summed E-state index contributed by atoms with van der Waals surface area (Å²) in [5.74, 6) is -1.69. The molecule has 0 amide bonds. The summed E-state index contributed by atoms with van der Waals surface area (Å²) in [5.41, 5.74) is -2.29. The van der Waals surface area contributed by atoms with Crippen molar-refractivity contribution in [1.29, 1.82) is 0 Å². The molecule has 2 aromatic carbocycles. The van der Waals surface area contributed by atoms with Gasteiger partial charge in [-0.1, -0.05) is 0 Å². The van der Waals surface area contributed by atoms with E-state index in [0.717, 1.165) is 30.0 Å². The fourth-order valence-electron chi connectivity index (χ4n) is 5.29. The first-order chi connectivity index (χ1) is 19.0. The van der Waals surface area contributed by atoms with Gasteiger partial charge in [-0.2, -0.15) is 18.2 Å². The van der Waals surface area contributed by atoms with Crippen LogP contribution in [0.25, 0.3) is 22.0 Å². The standard InChI is InChI=1S/C27H29F5N4O3S/c1-14-11-35(15(2)10-33-14)25-19-9-20(27(30,31)32)22(18-5-4-16(28)8-21(18)29)24-23(19)36(26(37)34-25)17(13-40-24)12-39-7-6-38-3/h4-5,8-9,14-15,17,33H,6-7,10-13H2,1-3H3/t14-,15+,17+/m1/s1. The summed E-state index contributed by atoms with van der Waals surface area (Å²) >= 11 is 1.09. The maximum absolute atomic E-state index is 15.1. The van der Waals surface area contributed by atoms with Crippen molar-refractivity contribution in [3.63, 3.8) is 0 Å². The van der Waals surface area contributed by atoms with E-state index in [9.17, 15) is 22.4 Å². The third-order valence-electron chi connectivity index (χ3n) is 7.21. The van der Waals surface area contributed by atoms with Gasteiger partial charge in [0, 0.05) is 65.5 Å². The highest BCUT2D eigenvalue weighted by Gasteiger charge is 2.40. The van der Waals surface area contributed by atoms with Crippen LogP contribution in [0, 0.1) is 11.6 Å². The number of aromatic nitrogens is 2. The summed E-state index contributed by atoms with van der Waals surface area (Å²) in [5, 5.41) is 3.46. The number of rotatable bonds is 7. The zero-order valence-corrected chi connectivity index (χ0v) is 23.0. The largest absolute Gasteiger partial charge is 0.417 e. The zero-order chi connectivity index (χ0) is 28.8. The van der Waals surface area contributed by atoms with Gasteiger partial charge in [0.2, 0.25) is 0 Å². The molecule has 1 saturated heterocycles. The molecule has 216 valence electrons. The molecule has 0 bridgehead atoms. The number of nitrogens with zero attached hydrogens (tertiary/aromatic N) is 3. The molecule has 0 saturated carbocycles. The quantitative estimate of drug-likeness (QED) is 0.315. The summed E-state index contributed by atoms with van der Waals surface area (Å²) < 4.78 is 84.9. The maximum Gasteiger partial charge on any atom is 0.417 e. The molecule has 1 fully saturated rings. The van der Waals surface area contributed by atoms with Crippen molar-refractivity contribution < 1.29 is 31.4 Å². The smallest absolute Gasteiger partial charge is 0.382 e. The third-order valence-corrected chi connectivity index (χ3v) is 8.45. The van der Waals surface area contributed by atoms with Crippen LogP contribution in [0.3, 0.4) is 0 Å². The minimum absolute atomic E-state index is 0.00818. The van der Waals surface area contributed by atoms with Crippen LogP contribution in [0.4, 0.5) is 27.8 Å². The van der Waals surface area contributed by atoms with E-state index in [1.807, 2.05) is 18.7 Å². The molecule has 0 radical (unpaired) electrons. The lowest BCUT2D eigenvalue weighted by molar-refractivity contribution is -0.137. The molecule has 40 heavy (non-hydrogen) atoms. The second kappa shape index (κ2) is 11.3. The number of benzene rings is 2. The van der Waals surface area contributed by atoms with Crippen molar-refractivity contribution in [3.05, 3.63) is 51.9 Å². The number of hydrogen-bond acceptors (Lipinski definition) is 7. The number of piperazine rings is 1. The van der Waals surface area contributed by atoms with Crippen LogP contribution in [0.15, 0.2) is 34.0 Å². The molecular formula is C27H29F5N4O3S. The van der Waals surface area contributed by atoms with E-state index >= 15 is 4.39 Å². The lowest BCUT2D eigenvalue weighted by atomic mass is 9.95. The van der Waals surface area contributed by atoms with E-state index in [1.54, 1.807) is 0 Å². The molecule has 3 heterocycles. The Kier molecular flexibility index (Phi) is 8.10. The number of hydrogen-bond donors (Lipinski definition) is 1. The average molecular weight is 585 g/mol. The molecule has 1 aromatic heterocycles. The van der Waals surface area contributed by atoms with Crippen molar-refractivity contribution in [1.82, 2.24) is 14.9 Å². The lowest BCUT2D eigenvalue weighted by Crippen LogP contribution is -2.55.